The fourth-order valence-corrected chi connectivity index (χ4v) is 5.30. The third-order valence-electron chi connectivity index (χ3n) is 4.78. The van der Waals surface area contributed by atoms with Crippen LogP contribution in [0.2, 0.25) is 5.02 Å². The largest absolute Gasteiger partial charge is 0.495 e. The van der Waals surface area contributed by atoms with Gasteiger partial charge in [-0.25, -0.2) is 8.42 Å². The van der Waals surface area contributed by atoms with Crippen LogP contribution in [-0.2, 0) is 14.8 Å². The molecule has 0 unspecified atom stereocenters. The second-order valence-corrected chi connectivity index (χ2v) is 9.00. The molecule has 1 N–H and O–H groups in total. The molecule has 6 nitrogen and oxygen atoms in total. The van der Waals surface area contributed by atoms with E-state index in [1.807, 2.05) is 0 Å². The zero-order valence-electron chi connectivity index (χ0n) is 15.6. The van der Waals surface area contributed by atoms with Crippen molar-refractivity contribution in [1.82, 2.24) is 4.31 Å². The summed E-state index contributed by atoms with van der Waals surface area (Å²) in [6, 6.07) is 12.9. The van der Waals surface area contributed by atoms with Crippen molar-refractivity contribution in [2.45, 2.75) is 36.6 Å². The Morgan fingerprint density at radius 3 is 2.68 bits per heavy atom. The van der Waals surface area contributed by atoms with Crippen molar-refractivity contribution in [3.63, 3.8) is 0 Å². The summed E-state index contributed by atoms with van der Waals surface area (Å²) in [5.41, 5.74) is 0.466. The molecule has 0 aromatic heterocycles. The molecule has 150 valence electrons. The van der Waals surface area contributed by atoms with Crippen LogP contribution in [0.15, 0.2) is 53.4 Å². The van der Waals surface area contributed by atoms with Crippen LogP contribution in [0.4, 0.5) is 5.69 Å². The molecule has 0 aliphatic carbocycles. The number of halogens is 1. The Morgan fingerprint density at radius 1 is 1.21 bits per heavy atom. The standard InChI is InChI=1S/C20H23ClN2O4S/c1-27-19-11-10-15(21)13-18(19)22-20(24)14-16-7-5-6-12-23(16)28(25,26)17-8-3-2-4-9-17/h2-4,8-11,13,16H,5-7,12,14H2,1H3,(H,22,24)/t16-/m0/s1. The molecular formula is C20H23ClN2O4S. The summed E-state index contributed by atoms with van der Waals surface area (Å²) in [4.78, 5) is 12.9. The summed E-state index contributed by atoms with van der Waals surface area (Å²) >= 11 is 6.01. The maximum Gasteiger partial charge on any atom is 0.243 e. The van der Waals surface area contributed by atoms with E-state index >= 15 is 0 Å². The molecule has 1 heterocycles. The van der Waals surface area contributed by atoms with Gasteiger partial charge in [0.15, 0.2) is 0 Å². The van der Waals surface area contributed by atoms with Gasteiger partial charge < -0.3 is 10.1 Å². The Labute approximate surface area is 170 Å². The van der Waals surface area contributed by atoms with Crippen LogP contribution >= 0.6 is 11.6 Å². The minimum Gasteiger partial charge on any atom is -0.495 e. The smallest absolute Gasteiger partial charge is 0.243 e. The van der Waals surface area contributed by atoms with Gasteiger partial charge in [-0.15, -0.1) is 0 Å². The van der Waals surface area contributed by atoms with E-state index in [1.54, 1.807) is 48.5 Å². The van der Waals surface area contributed by atoms with Crippen LogP contribution in [0.3, 0.4) is 0 Å². The highest BCUT2D eigenvalue weighted by molar-refractivity contribution is 7.89. The number of amides is 1. The van der Waals surface area contributed by atoms with Crippen molar-refractivity contribution >= 4 is 33.2 Å². The number of ether oxygens (including phenoxy) is 1. The first-order valence-electron chi connectivity index (χ1n) is 9.12. The van der Waals surface area contributed by atoms with Gasteiger partial charge in [-0.3, -0.25) is 4.79 Å². The molecule has 0 saturated carbocycles. The van der Waals surface area contributed by atoms with Crippen LogP contribution in [0.1, 0.15) is 25.7 Å². The fraction of sp³-hybridized carbons (Fsp3) is 0.350. The van der Waals surface area contributed by atoms with Crippen molar-refractivity contribution in [3.05, 3.63) is 53.6 Å². The topological polar surface area (TPSA) is 75.7 Å². The van der Waals surface area contributed by atoms with Gasteiger partial charge in [-0.2, -0.15) is 4.31 Å². The van der Waals surface area contributed by atoms with Crippen molar-refractivity contribution in [2.75, 3.05) is 19.0 Å². The van der Waals surface area contributed by atoms with Gasteiger partial charge in [0.1, 0.15) is 5.75 Å². The average Bonchev–Trinajstić information content (AvgIpc) is 2.69. The Hall–Kier alpha value is -2.09. The molecule has 0 bridgehead atoms. The third-order valence-corrected chi connectivity index (χ3v) is 6.98. The minimum absolute atomic E-state index is 0.0712. The predicted molar refractivity (Wildman–Crippen MR) is 109 cm³/mol. The van der Waals surface area contributed by atoms with Gasteiger partial charge in [0.05, 0.1) is 17.7 Å². The lowest BCUT2D eigenvalue weighted by atomic mass is 10.0. The first-order chi connectivity index (χ1) is 13.4. The summed E-state index contributed by atoms with van der Waals surface area (Å²) in [6.07, 6.45) is 2.39. The molecule has 1 aliphatic heterocycles. The maximum atomic E-state index is 13.0. The molecule has 28 heavy (non-hydrogen) atoms. The molecule has 2 aromatic rings. The van der Waals surface area contributed by atoms with Gasteiger partial charge >= 0.3 is 0 Å². The van der Waals surface area contributed by atoms with E-state index < -0.39 is 10.0 Å². The Kier molecular flexibility index (Phi) is 6.59. The van der Waals surface area contributed by atoms with Crippen molar-refractivity contribution < 1.29 is 17.9 Å². The molecule has 1 amide bonds. The Morgan fingerprint density at radius 2 is 1.96 bits per heavy atom. The second kappa shape index (κ2) is 8.94. The number of methoxy groups -OCH3 is 1. The zero-order chi connectivity index (χ0) is 20.1. The SMILES string of the molecule is COc1ccc(Cl)cc1NC(=O)C[C@@H]1CCCCN1S(=O)(=O)c1ccccc1. The normalized spacial score (nSPS) is 17.9. The second-order valence-electron chi connectivity index (χ2n) is 6.68. The van der Waals surface area contributed by atoms with E-state index in [-0.39, 0.29) is 23.3 Å². The lowest BCUT2D eigenvalue weighted by molar-refractivity contribution is -0.117. The molecule has 0 radical (unpaired) electrons. The maximum absolute atomic E-state index is 13.0. The van der Waals surface area contributed by atoms with Crippen molar-refractivity contribution in [2.24, 2.45) is 0 Å². The number of hydrogen-bond donors (Lipinski definition) is 1. The lowest BCUT2D eigenvalue weighted by Crippen LogP contribution is -2.45. The number of sulfonamides is 1. The summed E-state index contributed by atoms with van der Waals surface area (Å²) in [6.45, 7) is 0.412. The van der Waals surface area contributed by atoms with Gasteiger partial charge in [0.2, 0.25) is 15.9 Å². The minimum atomic E-state index is -3.64. The molecule has 8 heteroatoms. The summed E-state index contributed by atoms with van der Waals surface area (Å²) < 4.78 is 32.8. The molecule has 1 atom stereocenters. The highest BCUT2D eigenvalue weighted by Crippen LogP contribution is 2.30. The van der Waals surface area contributed by atoms with E-state index in [2.05, 4.69) is 5.32 Å². The van der Waals surface area contributed by atoms with Gasteiger partial charge in [-0.1, -0.05) is 36.2 Å². The third kappa shape index (κ3) is 4.66. The van der Waals surface area contributed by atoms with Crippen LogP contribution in [0, 0.1) is 0 Å². The van der Waals surface area contributed by atoms with Crippen LogP contribution in [-0.4, -0.2) is 38.3 Å². The molecule has 1 saturated heterocycles. The van der Waals surface area contributed by atoms with E-state index in [0.29, 0.717) is 29.4 Å². The molecule has 2 aromatic carbocycles. The van der Waals surface area contributed by atoms with Gasteiger partial charge in [-0.05, 0) is 43.2 Å². The Balaban J connectivity index is 1.76. The number of carbonyl (C=O) groups excluding carboxylic acids is 1. The summed E-state index contributed by atoms with van der Waals surface area (Å²) in [7, 11) is -2.13. The molecule has 0 spiro atoms. The highest BCUT2D eigenvalue weighted by Gasteiger charge is 2.34. The van der Waals surface area contributed by atoms with Crippen LogP contribution in [0.5, 0.6) is 5.75 Å². The molecule has 1 fully saturated rings. The van der Waals surface area contributed by atoms with Crippen molar-refractivity contribution in [1.29, 1.82) is 0 Å². The molecular weight excluding hydrogens is 400 g/mol. The predicted octanol–water partition coefficient (Wildman–Crippen LogP) is 3.92. The number of carbonyl (C=O) groups is 1. The fourth-order valence-electron chi connectivity index (χ4n) is 3.42. The monoisotopic (exact) mass is 422 g/mol. The number of piperidine rings is 1. The van der Waals surface area contributed by atoms with Crippen LogP contribution < -0.4 is 10.1 Å². The van der Waals surface area contributed by atoms with E-state index in [4.69, 9.17) is 16.3 Å². The Bertz CT molecular complexity index is 934. The number of nitrogens with zero attached hydrogens (tertiary/aromatic N) is 1. The van der Waals surface area contributed by atoms with Crippen LogP contribution in [0.25, 0.3) is 0 Å². The van der Waals surface area contributed by atoms with Gasteiger partial charge in [0, 0.05) is 24.0 Å². The quantitative estimate of drug-likeness (QED) is 0.765. The van der Waals surface area contributed by atoms with Gasteiger partial charge in [0.25, 0.3) is 0 Å². The number of nitrogens with one attached hydrogen (secondary N) is 1. The van der Waals surface area contributed by atoms with E-state index in [0.717, 1.165) is 12.8 Å². The highest BCUT2D eigenvalue weighted by atomic mass is 35.5. The summed E-state index contributed by atoms with van der Waals surface area (Å²) in [5.74, 6) is 0.218. The average molecular weight is 423 g/mol. The number of rotatable bonds is 6. The summed E-state index contributed by atoms with van der Waals surface area (Å²) in [5, 5.41) is 3.27. The first-order valence-corrected chi connectivity index (χ1v) is 10.9. The number of anilines is 1. The van der Waals surface area contributed by atoms with E-state index in [1.165, 1.54) is 11.4 Å². The molecule has 1 aliphatic rings. The zero-order valence-corrected chi connectivity index (χ0v) is 17.2. The number of benzene rings is 2. The number of hydrogen-bond acceptors (Lipinski definition) is 4. The molecule has 3 rings (SSSR count). The van der Waals surface area contributed by atoms with E-state index in [9.17, 15) is 13.2 Å². The van der Waals surface area contributed by atoms with Crippen molar-refractivity contribution in [3.8, 4) is 5.75 Å². The first kappa shape index (κ1) is 20.6. The lowest BCUT2D eigenvalue weighted by Gasteiger charge is -2.34.